The molecule has 0 fully saturated rings. The maximum absolute atomic E-state index is 5.21. The van der Waals surface area contributed by atoms with Crippen LogP contribution in [-0.4, -0.2) is 11.2 Å². The summed E-state index contributed by atoms with van der Waals surface area (Å²) < 4.78 is 2.11. The molecule has 47 heavy (non-hydrogen) atoms. The highest BCUT2D eigenvalue weighted by Gasteiger charge is 2.15. The molecule has 0 bridgehead atoms. The van der Waals surface area contributed by atoms with Gasteiger partial charge in [-0.05, 0) is 120 Å². The molecule has 0 heterocycles. The van der Waals surface area contributed by atoms with Crippen LogP contribution >= 0.6 is 0 Å². The van der Waals surface area contributed by atoms with Crippen LogP contribution in [0.1, 0.15) is 120 Å². The highest BCUT2D eigenvalue weighted by atomic mass is 15.2. The van der Waals surface area contributed by atoms with Gasteiger partial charge in [-0.25, -0.2) is 0 Å². The number of nitrogens with zero attached hydrogens (tertiary/aromatic N) is 2. The van der Waals surface area contributed by atoms with E-state index in [1.165, 1.54) is 114 Å². The van der Waals surface area contributed by atoms with Gasteiger partial charge in [0.2, 0.25) is 0 Å². The first-order valence-corrected chi connectivity index (χ1v) is 18.6. The number of hydrogen-bond donors (Lipinski definition) is 0. The number of unbranched alkanes of at least 4 members (excludes halogenated alkanes) is 7. The van der Waals surface area contributed by atoms with E-state index in [0.717, 1.165) is 31.5 Å². The average Bonchev–Trinajstić information content (AvgIpc) is 3.10. The maximum atomic E-state index is 5.21. The van der Waals surface area contributed by atoms with E-state index in [0.29, 0.717) is 0 Å². The van der Waals surface area contributed by atoms with Gasteiger partial charge in [-0.15, -0.1) is 0 Å². The largest absolute Gasteiger partial charge is 0.196 e. The summed E-state index contributed by atoms with van der Waals surface area (Å²) in [5.41, 5.74) is 13.5. The van der Waals surface area contributed by atoms with Gasteiger partial charge in [0.25, 0.3) is 0 Å². The Hall–Kier alpha value is -3.78. The summed E-state index contributed by atoms with van der Waals surface area (Å²) in [6.07, 6.45) is 20.4. The topological polar surface area (TPSA) is 15.4 Å². The molecule has 2 heteroatoms. The lowest BCUT2D eigenvalue weighted by atomic mass is 9.89. The zero-order chi connectivity index (χ0) is 33.3. The number of rotatable bonds is 19. The van der Waals surface area contributed by atoms with E-state index in [1.807, 2.05) is 0 Å². The van der Waals surface area contributed by atoms with Crippen molar-refractivity contribution in [3.63, 3.8) is 0 Å². The minimum absolute atomic E-state index is 0.817. The summed E-state index contributed by atoms with van der Waals surface area (Å²) in [7, 11) is 0. The second-order valence-corrected chi connectivity index (χ2v) is 13.1. The zero-order valence-electron chi connectivity index (χ0n) is 30.0. The van der Waals surface area contributed by atoms with Crippen LogP contribution in [-0.2, 0) is 19.3 Å². The predicted molar refractivity (Wildman–Crippen MR) is 205 cm³/mol. The van der Waals surface area contributed by atoms with E-state index in [4.69, 9.17) is 5.11 Å². The van der Waals surface area contributed by atoms with Crippen molar-refractivity contribution in [2.45, 2.75) is 118 Å². The van der Waals surface area contributed by atoms with Crippen molar-refractivity contribution < 1.29 is 4.70 Å². The molecule has 0 radical (unpaired) electrons. The molecule has 248 valence electrons. The third-order valence-corrected chi connectivity index (χ3v) is 9.26. The fourth-order valence-corrected chi connectivity index (χ4v) is 6.74. The summed E-state index contributed by atoms with van der Waals surface area (Å²) in [4.78, 5) is 0. The quantitative estimate of drug-likeness (QED) is 0.0558. The maximum Gasteiger partial charge on any atom is 0.196 e. The monoisotopic (exact) mass is 627 g/mol. The van der Waals surface area contributed by atoms with Crippen LogP contribution < -0.4 is 0 Å². The Labute approximate surface area is 286 Å². The van der Waals surface area contributed by atoms with E-state index in [-0.39, 0.29) is 0 Å². The molecule has 0 amide bonds. The van der Waals surface area contributed by atoms with Crippen molar-refractivity contribution in [1.29, 1.82) is 0 Å². The van der Waals surface area contributed by atoms with Crippen molar-refractivity contribution in [2.24, 2.45) is 5.11 Å². The molecule has 0 aliphatic carbocycles. The van der Waals surface area contributed by atoms with Crippen molar-refractivity contribution in [1.82, 2.24) is 0 Å². The van der Waals surface area contributed by atoms with Gasteiger partial charge >= 0.3 is 0 Å². The van der Waals surface area contributed by atoms with Crippen LogP contribution in [0.4, 0.5) is 5.69 Å². The molecule has 0 unspecified atom stereocenters. The average molecular weight is 628 g/mol. The summed E-state index contributed by atoms with van der Waals surface area (Å²) in [6.45, 7) is 12.1. The van der Waals surface area contributed by atoms with Crippen LogP contribution in [0, 0.1) is 6.92 Å². The molecule has 0 atom stereocenters. The number of benzene rings is 4. The second kappa shape index (κ2) is 19.8. The number of aryl methyl sites for hydroxylation is 4. The molecule has 0 aromatic heterocycles. The molecule has 0 N–H and O–H groups in total. The Balaban J connectivity index is 1.67. The Morgan fingerprint density at radius 1 is 0.553 bits per heavy atom. The van der Waals surface area contributed by atoms with Gasteiger partial charge < -0.3 is 0 Å². The minimum Gasteiger partial charge on any atom is -0.0910 e. The van der Waals surface area contributed by atoms with E-state index >= 15 is 0 Å². The van der Waals surface area contributed by atoms with Gasteiger partial charge in [-0.3, -0.25) is 0 Å². The first kappa shape index (κ1) is 36.1. The van der Waals surface area contributed by atoms with Gasteiger partial charge in [0.15, 0.2) is 12.7 Å². The van der Waals surface area contributed by atoms with Gasteiger partial charge in [0.1, 0.15) is 5.69 Å². The van der Waals surface area contributed by atoms with Crippen molar-refractivity contribution in [3.8, 4) is 22.3 Å². The molecule has 0 aliphatic heterocycles. The molecule has 0 saturated heterocycles. The van der Waals surface area contributed by atoms with Crippen LogP contribution in [0.15, 0.2) is 96.2 Å². The standard InChI is InChI=1S/C45H59N2/c1-6-10-13-14-15-18-29-40-33-37(32-36(5)44(40)38-25-19-16-20-26-38)30-31-47(9-4)46-43-34-41(23-11-7-2)45(39-27-21-17-22-28-39)42(35-43)24-12-8-3/h16-17,19-22,25-28,30-35H,6-15,18,23-24,29H2,1-5H3/q+1. The lowest BCUT2D eigenvalue weighted by Gasteiger charge is -2.16. The zero-order valence-corrected chi connectivity index (χ0v) is 30.0. The van der Waals surface area contributed by atoms with Gasteiger partial charge in [0, 0.05) is 6.08 Å². The molecule has 4 rings (SSSR count). The fourth-order valence-electron chi connectivity index (χ4n) is 6.74. The number of hydrogen-bond acceptors (Lipinski definition) is 1. The SMILES string of the molecule is CCCCCCCCc1cc(C=C[N+](CC)=Nc2cc(CCCC)c(-c3ccccc3)c(CCCC)c2)cc(C)c1-c1ccccc1. The molecule has 0 spiro atoms. The lowest BCUT2D eigenvalue weighted by molar-refractivity contribution is -0.519. The van der Waals surface area contributed by atoms with Crippen LogP contribution in [0.25, 0.3) is 28.3 Å². The Morgan fingerprint density at radius 2 is 1.06 bits per heavy atom. The molecule has 4 aromatic rings. The summed E-state index contributed by atoms with van der Waals surface area (Å²) in [5, 5.41) is 5.21. The van der Waals surface area contributed by atoms with Crippen molar-refractivity contribution >= 4 is 11.8 Å². The van der Waals surface area contributed by atoms with Crippen molar-refractivity contribution in [2.75, 3.05) is 6.54 Å². The summed E-state index contributed by atoms with van der Waals surface area (Å²) >= 11 is 0. The molecular weight excluding hydrogens is 569 g/mol. The molecular formula is C45H59N2+. The van der Waals surface area contributed by atoms with Crippen LogP contribution in [0.2, 0.25) is 0 Å². The van der Waals surface area contributed by atoms with Gasteiger partial charge in [0.05, 0.1) is 0 Å². The molecule has 0 aliphatic rings. The Morgan fingerprint density at radius 3 is 1.64 bits per heavy atom. The van der Waals surface area contributed by atoms with Crippen molar-refractivity contribution in [3.05, 3.63) is 119 Å². The fraction of sp³-hybridized carbons (Fsp3) is 0.422. The predicted octanol–water partition coefficient (Wildman–Crippen LogP) is 13.7. The first-order chi connectivity index (χ1) is 23.1. The highest BCUT2D eigenvalue weighted by molar-refractivity contribution is 5.74. The third-order valence-electron chi connectivity index (χ3n) is 9.26. The van der Waals surface area contributed by atoms with Gasteiger partial charge in [-0.2, -0.15) is 0 Å². The molecule has 4 aromatic carbocycles. The highest BCUT2D eigenvalue weighted by Crippen LogP contribution is 2.35. The smallest absolute Gasteiger partial charge is 0.0910 e. The van der Waals surface area contributed by atoms with Crippen LogP contribution in [0.5, 0.6) is 0 Å². The normalized spacial score (nSPS) is 11.9. The van der Waals surface area contributed by atoms with E-state index in [9.17, 15) is 0 Å². The Bertz CT molecular complexity index is 1530. The molecule has 0 saturated carbocycles. The lowest BCUT2D eigenvalue weighted by Crippen LogP contribution is -2.01. The van der Waals surface area contributed by atoms with Gasteiger partial charge in [-0.1, -0.05) is 143 Å². The van der Waals surface area contributed by atoms with Crippen LogP contribution in [0.3, 0.4) is 0 Å². The van der Waals surface area contributed by atoms with E-state index in [2.05, 4.69) is 137 Å². The Kier molecular flexibility index (Phi) is 15.2. The first-order valence-electron chi connectivity index (χ1n) is 18.6. The van der Waals surface area contributed by atoms with E-state index < -0.39 is 0 Å². The van der Waals surface area contributed by atoms with E-state index in [1.54, 1.807) is 0 Å². The summed E-state index contributed by atoms with van der Waals surface area (Å²) in [5.74, 6) is 0. The minimum atomic E-state index is 0.817. The second-order valence-electron chi connectivity index (χ2n) is 13.1. The molecule has 2 nitrogen and oxygen atoms in total. The summed E-state index contributed by atoms with van der Waals surface area (Å²) in [6, 6.07) is 31.4. The third kappa shape index (κ3) is 10.9. The number of azo groups is 2.